The van der Waals surface area contributed by atoms with Crippen molar-refractivity contribution in [1.29, 1.82) is 0 Å². The number of halogens is 1. The number of amides is 1. The molecule has 0 heterocycles. The normalized spacial score (nSPS) is 11.1. The summed E-state index contributed by atoms with van der Waals surface area (Å²) in [6, 6.07) is 18.9. The number of ether oxygens (including phenoxy) is 2. The van der Waals surface area contributed by atoms with Gasteiger partial charge >= 0.3 is 0 Å². The van der Waals surface area contributed by atoms with E-state index < -0.39 is 15.9 Å². The average molecular weight is 547 g/mol. The van der Waals surface area contributed by atoms with E-state index in [1.165, 1.54) is 19.2 Å². The van der Waals surface area contributed by atoms with Crippen LogP contribution in [0.4, 0.5) is 5.69 Å². The zero-order chi connectivity index (χ0) is 24.7. The fraction of sp³-hybridized carbons (Fsp3) is 0.240. The van der Waals surface area contributed by atoms with Gasteiger partial charge in [0.15, 0.2) is 0 Å². The Balaban J connectivity index is 1.87. The molecule has 0 saturated heterocycles. The number of hydrogen-bond donors (Lipinski definition) is 1. The van der Waals surface area contributed by atoms with Crippen molar-refractivity contribution >= 4 is 37.5 Å². The van der Waals surface area contributed by atoms with Gasteiger partial charge in [0, 0.05) is 12.1 Å². The summed E-state index contributed by atoms with van der Waals surface area (Å²) in [4.78, 5) is 12.9. The van der Waals surface area contributed by atoms with Crippen molar-refractivity contribution in [3.63, 3.8) is 0 Å². The molecule has 0 atom stereocenters. The van der Waals surface area contributed by atoms with Crippen LogP contribution in [0, 0.1) is 6.92 Å². The van der Waals surface area contributed by atoms with Gasteiger partial charge in [-0.1, -0.05) is 35.9 Å². The van der Waals surface area contributed by atoms with Crippen LogP contribution in [0.1, 0.15) is 18.1 Å². The molecular formula is C25H27BrN2O5S. The number of nitrogens with zero attached hydrogens (tertiary/aromatic N) is 1. The van der Waals surface area contributed by atoms with Crippen LogP contribution in [0.3, 0.4) is 0 Å². The number of sulfonamides is 1. The zero-order valence-corrected chi connectivity index (χ0v) is 21.6. The Morgan fingerprint density at radius 3 is 2.38 bits per heavy atom. The Morgan fingerprint density at radius 2 is 1.74 bits per heavy atom. The summed E-state index contributed by atoms with van der Waals surface area (Å²) < 4.78 is 39.6. The number of methoxy groups -OCH3 is 1. The molecule has 0 aliphatic carbocycles. The summed E-state index contributed by atoms with van der Waals surface area (Å²) in [7, 11) is -2.55. The summed E-state index contributed by atoms with van der Waals surface area (Å²) in [5, 5.41) is 2.81. The Bertz CT molecular complexity index is 1250. The summed E-state index contributed by atoms with van der Waals surface area (Å²) in [6.07, 6.45) is 0. The smallest absolute Gasteiger partial charge is 0.264 e. The molecule has 0 radical (unpaired) electrons. The van der Waals surface area contributed by atoms with Crippen molar-refractivity contribution in [3.05, 3.63) is 82.3 Å². The molecule has 0 bridgehead atoms. The Labute approximate surface area is 208 Å². The number of nitrogens with one attached hydrogen (secondary N) is 1. The second-order valence-electron chi connectivity index (χ2n) is 7.46. The number of hydrogen-bond acceptors (Lipinski definition) is 5. The van der Waals surface area contributed by atoms with Crippen molar-refractivity contribution in [3.8, 4) is 11.5 Å². The van der Waals surface area contributed by atoms with E-state index in [4.69, 9.17) is 9.47 Å². The Morgan fingerprint density at radius 1 is 1.03 bits per heavy atom. The summed E-state index contributed by atoms with van der Waals surface area (Å²) in [5.41, 5.74) is 2.18. The molecule has 3 aromatic carbocycles. The van der Waals surface area contributed by atoms with Crippen LogP contribution in [-0.4, -0.2) is 34.6 Å². The summed E-state index contributed by atoms with van der Waals surface area (Å²) >= 11 is 3.34. The van der Waals surface area contributed by atoms with E-state index in [0.717, 1.165) is 15.4 Å². The molecule has 0 fully saturated rings. The predicted molar refractivity (Wildman–Crippen MR) is 136 cm³/mol. The topological polar surface area (TPSA) is 84.9 Å². The molecule has 0 aliphatic heterocycles. The van der Waals surface area contributed by atoms with E-state index in [0.29, 0.717) is 28.3 Å². The summed E-state index contributed by atoms with van der Waals surface area (Å²) in [6.45, 7) is 4.13. The number of anilines is 1. The highest BCUT2D eigenvalue weighted by Gasteiger charge is 2.28. The van der Waals surface area contributed by atoms with Gasteiger partial charge in [-0.15, -0.1) is 0 Å². The van der Waals surface area contributed by atoms with Gasteiger partial charge in [0.25, 0.3) is 10.0 Å². The monoisotopic (exact) mass is 546 g/mol. The maximum absolute atomic E-state index is 13.6. The van der Waals surface area contributed by atoms with Crippen molar-refractivity contribution < 1.29 is 22.7 Å². The lowest BCUT2D eigenvalue weighted by Crippen LogP contribution is -2.40. The molecule has 9 heteroatoms. The van der Waals surface area contributed by atoms with E-state index in [1.807, 2.05) is 38.1 Å². The Kier molecular flexibility index (Phi) is 8.57. The van der Waals surface area contributed by atoms with Gasteiger partial charge in [0.05, 0.1) is 28.8 Å². The first-order valence-corrected chi connectivity index (χ1v) is 12.9. The molecule has 3 aromatic rings. The van der Waals surface area contributed by atoms with E-state index in [1.54, 1.807) is 30.3 Å². The van der Waals surface area contributed by atoms with Crippen molar-refractivity contribution in [2.45, 2.75) is 25.3 Å². The second kappa shape index (κ2) is 11.4. The van der Waals surface area contributed by atoms with Gasteiger partial charge in [0.2, 0.25) is 5.91 Å². The van der Waals surface area contributed by atoms with E-state index in [9.17, 15) is 13.2 Å². The van der Waals surface area contributed by atoms with Crippen molar-refractivity contribution in [2.75, 3.05) is 24.6 Å². The first kappa shape index (κ1) is 25.6. The third kappa shape index (κ3) is 6.09. The van der Waals surface area contributed by atoms with E-state index in [2.05, 4.69) is 21.2 Å². The van der Waals surface area contributed by atoms with Crippen LogP contribution < -0.4 is 19.1 Å². The van der Waals surface area contributed by atoms with Gasteiger partial charge in [-0.05, 0) is 66.2 Å². The van der Waals surface area contributed by atoms with Crippen LogP contribution in [0.15, 0.2) is 76.1 Å². The first-order valence-electron chi connectivity index (χ1n) is 10.7. The first-order chi connectivity index (χ1) is 16.3. The van der Waals surface area contributed by atoms with E-state index >= 15 is 0 Å². The minimum atomic E-state index is -4.05. The van der Waals surface area contributed by atoms with Gasteiger partial charge in [-0.25, -0.2) is 8.42 Å². The third-order valence-corrected chi connectivity index (χ3v) is 7.46. The Hall–Kier alpha value is -3.04. The predicted octanol–water partition coefficient (Wildman–Crippen LogP) is 4.68. The van der Waals surface area contributed by atoms with Gasteiger partial charge in [-0.3, -0.25) is 9.10 Å². The molecule has 7 nitrogen and oxygen atoms in total. The van der Waals surface area contributed by atoms with Crippen LogP contribution >= 0.6 is 15.9 Å². The fourth-order valence-electron chi connectivity index (χ4n) is 3.29. The average Bonchev–Trinajstić information content (AvgIpc) is 2.82. The fourth-order valence-corrected chi connectivity index (χ4v) is 5.43. The number of carbonyl (C=O) groups excluding carboxylic acids is 1. The third-order valence-electron chi connectivity index (χ3n) is 5.07. The van der Waals surface area contributed by atoms with Crippen LogP contribution in [-0.2, 0) is 21.4 Å². The molecule has 34 heavy (non-hydrogen) atoms. The van der Waals surface area contributed by atoms with Crippen LogP contribution in [0.25, 0.3) is 0 Å². The molecule has 1 N–H and O–H groups in total. The molecule has 0 saturated carbocycles. The minimum Gasteiger partial charge on any atom is -0.496 e. The van der Waals surface area contributed by atoms with Gasteiger partial charge < -0.3 is 14.8 Å². The maximum atomic E-state index is 13.6. The largest absolute Gasteiger partial charge is 0.496 e. The molecule has 1 amide bonds. The number of para-hydroxylation sites is 1. The van der Waals surface area contributed by atoms with Gasteiger partial charge in [-0.2, -0.15) is 0 Å². The molecular weight excluding hydrogens is 520 g/mol. The lowest BCUT2D eigenvalue weighted by Gasteiger charge is -2.24. The lowest BCUT2D eigenvalue weighted by atomic mass is 10.2. The molecule has 0 aromatic heterocycles. The SMILES string of the molecule is CCOc1ccccc1CNC(=O)CN(c1ccc(C)cc1)S(=O)(=O)c1ccc(OC)c(Br)c1. The zero-order valence-electron chi connectivity index (χ0n) is 19.2. The highest BCUT2D eigenvalue weighted by molar-refractivity contribution is 9.10. The number of rotatable bonds is 10. The molecule has 0 unspecified atom stereocenters. The van der Waals surface area contributed by atoms with Crippen molar-refractivity contribution in [2.24, 2.45) is 0 Å². The standard InChI is InChI=1S/C25H27BrN2O5S/c1-4-33-23-8-6-5-7-19(23)16-27-25(29)17-28(20-11-9-18(2)10-12-20)34(30,31)21-13-14-24(32-3)22(26)15-21/h5-15H,4,16-17H2,1-3H3,(H,27,29). The lowest BCUT2D eigenvalue weighted by molar-refractivity contribution is -0.119. The molecule has 3 rings (SSSR count). The number of aryl methyl sites for hydroxylation is 1. The molecule has 0 spiro atoms. The highest BCUT2D eigenvalue weighted by Crippen LogP contribution is 2.30. The van der Waals surface area contributed by atoms with Crippen molar-refractivity contribution in [1.82, 2.24) is 5.32 Å². The maximum Gasteiger partial charge on any atom is 0.264 e. The molecule has 0 aliphatic rings. The number of carbonyl (C=O) groups is 1. The second-order valence-corrected chi connectivity index (χ2v) is 10.2. The van der Waals surface area contributed by atoms with Crippen LogP contribution in [0.2, 0.25) is 0 Å². The quantitative estimate of drug-likeness (QED) is 0.399. The minimum absolute atomic E-state index is 0.0373. The highest BCUT2D eigenvalue weighted by atomic mass is 79.9. The number of benzene rings is 3. The van der Waals surface area contributed by atoms with Crippen LogP contribution in [0.5, 0.6) is 11.5 Å². The van der Waals surface area contributed by atoms with Gasteiger partial charge in [0.1, 0.15) is 18.0 Å². The molecule has 180 valence electrons. The van der Waals surface area contributed by atoms with E-state index in [-0.39, 0.29) is 18.0 Å². The summed E-state index contributed by atoms with van der Waals surface area (Å²) in [5.74, 6) is 0.742.